The van der Waals surface area contributed by atoms with E-state index in [-0.39, 0.29) is 11.5 Å². The molecular formula is C18H14Cl2N4O3. The number of aromatic amines is 1. The van der Waals surface area contributed by atoms with E-state index in [1.807, 2.05) is 0 Å². The van der Waals surface area contributed by atoms with Gasteiger partial charge < -0.3 is 15.3 Å². The maximum absolute atomic E-state index is 12.2. The van der Waals surface area contributed by atoms with E-state index in [4.69, 9.17) is 38.5 Å². The summed E-state index contributed by atoms with van der Waals surface area (Å²) >= 11 is 11.8. The Morgan fingerprint density at radius 3 is 2.52 bits per heavy atom. The summed E-state index contributed by atoms with van der Waals surface area (Å²) < 4.78 is 5.19. The molecule has 0 aliphatic rings. The smallest absolute Gasteiger partial charge is 0.383 e. The van der Waals surface area contributed by atoms with Crippen molar-refractivity contribution >= 4 is 35.0 Å². The van der Waals surface area contributed by atoms with Gasteiger partial charge in [-0.15, -0.1) is 0 Å². The number of nitrogens with zero attached hydrogens (tertiary/aromatic N) is 2. The lowest BCUT2D eigenvalue weighted by molar-refractivity contribution is 0.0509. The molecule has 0 spiro atoms. The van der Waals surface area contributed by atoms with E-state index in [1.165, 1.54) is 13.2 Å². The van der Waals surface area contributed by atoms with Crippen molar-refractivity contribution < 1.29 is 14.4 Å². The average molecular weight is 405 g/mol. The molecule has 2 aromatic carbocycles. The Balaban J connectivity index is 1.75. The second-order valence-electron chi connectivity index (χ2n) is 5.37. The Hall–Kier alpha value is -3.03. The van der Waals surface area contributed by atoms with Crippen LogP contribution in [0, 0.1) is 0 Å². The Labute approximate surface area is 164 Å². The van der Waals surface area contributed by atoms with Crippen LogP contribution in [-0.4, -0.2) is 29.1 Å². The molecule has 0 fully saturated rings. The van der Waals surface area contributed by atoms with Crippen LogP contribution in [0.2, 0.25) is 10.0 Å². The van der Waals surface area contributed by atoms with Crippen molar-refractivity contribution in [2.24, 2.45) is 10.9 Å². The van der Waals surface area contributed by atoms with Gasteiger partial charge >= 0.3 is 5.97 Å². The van der Waals surface area contributed by atoms with Crippen molar-refractivity contribution in [2.75, 3.05) is 7.11 Å². The zero-order valence-electron chi connectivity index (χ0n) is 14.1. The average Bonchev–Trinajstić information content (AvgIpc) is 3.16. The minimum atomic E-state index is -0.744. The minimum Gasteiger partial charge on any atom is -0.496 e. The number of benzene rings is 2. The predicted octanol–water partition coefficient (Wildman–Crippen LogP) is 3.87. The summed E-state index contributed by atoms with van der Waals surface area (Å²) in [5.74, 6) is -0.352. The number of amidine groups is 1. The molecule has 0 unspecified atom stereocenters. The number of rotatable bonds is 5. The zero-order valence-corrected chi connectivity index (χ0v) is 15.6. The molecule has 1 heterocycles. The third-order valence-corrected chi connectivity index (χ3v) is 4.09. The number of carbonyl (C=O) groups excluding carboxylic acids is 1. The molecule has 0 saturated heterocycles. The van der Waals surface area contributed by atoms with Gasteiger partial charge in [0.05, 0.1) is 18.4 Å². The van der Waals surface area contributed by atoms with Crippen molar-refractivity contribution in [3.05, 3.63) is 69.8 Å². The lowest BCUT2D eigenvalue weighted by Crippen LogP contribution is -2.16. The molecule has 0 saturated carbocycles. The molecule has 27 heavy (non-hydrogen) atoms. The molecular weight excluding hydrogens is 391 g/mol. The standard InChI is InChI=1S/C18H14Cl2N4O3/c1-26-16-7-6-12(20)8-13(16)17(21)24-27-18(25)15-9-14(22-23-15)10-2-4-11(19)5-3-10/h2-9H,1H3,(H2,21,24)(H,22,23). The summed E-state index contributed by atoms with van der Waals surface area (Å²) in [7, 11) is 1.48. The Morgan fingerprint density at radius 1 is 1.11 bits per heavy atom. The fraction of sp³-hybridized carbons (Fsp3) is 0.0556. The first-order valence-electron chi connectivity index (χ1n) is 7.68. The van der Waals surface area contributed by atoms with Crippen molar-refractivity contribution in [2.45, 2.75) is 0 Å². The van der Waals surface area contributed by atoms with Gasteiger partial charge in [-0.1, -0.05) is 40.5 Å². The minimum absolute atomic E-state index is 0.0554. The van der Waals surface area contributed by atoms with E-state index >= 15 is 0 Å². The second-order valence-corrected chi connectivity index (χ2v) is 6.25. The van der Waals surface area contributed by atoms with Crippen LogP contribution in [0.3, 0.4) is 0 Å². The lowest BCUT2D eigenvalue weighted by Gasteiger charge is -2.07. The predicted molar refractivity (Wildman–Crippen MR) is 103 cm³/mol. The van der Waals surface area contributed by atoms with Crippen molar-refractivity contribution in [1.29, 1.82) is 0 Å². The molecule has 0 aliphatic carbocycles. The van der Waals surface area contributed by atoms with Crippen LogP contribution in [0.5, 0.6) is 5.75 Å². The molecule has 0 radical (unpaired) electrons. The molecule has 0 bridgehead atoms. The Bertz CT molecular complexity index is 1000. The van der Waals surface area contributed by atoms with Crippen LogP contribution in [0.15, 0.2) is 53.7 Å². The van der Waals surface area contributed by atoms with Crippen LogP contribution in [-0.2, 0) is 4.84 Å². The van der Waals surface area contributed by atoms with E-state index in [2.05, 4.69) is 15.4 Å². The van der Waals surface area contributed by atoms with E-state index in [1.54, 1.807) is 42.5 Å². The number of carbonyl (C=O) groups is 1. The van der Waals surface area contributed by atoms with Crippen molar-refractivity contribution in [3.63, 3.8) is 0 Å². The molecule has 9 heteroatoms. The SMILES string of the molecule is COc1ccc(Cl)cc1/C(N)=N/OC(=O)c1cc(-c2ccc(Cl)cc2)n[nH]1. The number of hydrogen-bond acceptors (Lipinski definition) is 5. The van der Waals surface area contributed by atoms with Gasteiger partial charge in [0.1, 0.15) is 11.4 Å². The molecule has 138 valence electrons. The summed E-state index contributed by atoms with van der Waals surface area (Å²) in [6.45, 7) is 0. The first-order valence-corrected chi connectivity index (χ1v) is 8.43. The number of nitrogens with one attached hydrogen (secondary N) is 1. The number of aromatic nitrogens is 2. The molecule has 3 N–H and O–H groups in total. The number of nitrogens with two attached hydrogens (primary N) is 1. The molecule has 7 nitrogen and oxygen atoms in total. The van der Waals surface area contributed by atoms with Gasteiger partial charge in [-0.05, 0) is 36.4 Å². The fourth-order valence-electron chi connectivity index (χ4n) is 2.26. The third kappa shape index (κ3) is 4.39. The Morgan fingerprint density at radius 2 is 1.81 bits per heavy atom. The highest BCUT2D eigenvalue weighted by Gasteiger charge is 2.14. The van der Waals surface area contributed by atoms with Crippen LogP contribution < -0.4 is 10.5 Å². The number of ether oxygens (including phenoxy) is 1. The summed E-state index contributed by atoms with van der Waals surface area (Å²) in [6, 6.07) is 13.4. The van der Waals surface area contributed by atoms with Gasteiger partial charge in [0.2, 0.25) is 0 Å². The molecule has 0 atom stereocenters. The maximum atomic E-state index is 12.2. The fourth-order valence-corrected chi connectivity index (χ4v) is 2.56. The first-order chi connectivity index (χ1) is 13.0. The molecule has 3 aromatic rings. The largest absolute Gasteiger partial charge is 0.496 e. The van der Waals surface area contributed by atoms with Gasteiger partial charge in [0.25, 0.3) is 0 Å². The summed E-state index contributed by atoms with van der Waals surface area (Å²) in [4.78, 5) is 17.1. The van der Waals surface area contributed by atoms with E-state index in [0.717, 1.165) is 5.56 Å². The van der Waals surface area contributed by atoms with Crippen LogP contribution in [0.1, 0.15) is 16.1 Å². The monoisotopic (exact) mass is 404 g/mol. The van der Waals surface area contributed by atoms with Crippen LogP contribution in [0.25, 0.3) is 11.3 Å². The van der Waals surface area contributed by atoms with E-state index < -0.39 is 5.97 Å². The number of oxime groups is 1. The van der Waals surface area contributed by atoms with Crippen LogP contribution in [0.4, 0.5) is 0 Å². The molecule has 0 aliphatic heterocycles. The van der Waals surface area contributed by atoms with Gasteiger partial charge in [0.15, 0.2) is 5.84 Å². The van der Waals surface area contributed by atoms with E-state index in [0.29, 0.717) is 27.1 Å². The number of hydrogen-bond donors (Lipinski definition) is 2. The second kappa shape index (κ2) is 8.11. The van der Waals surface area contributed by atoms with Gasteiger partial charge in [0, 0.05) is 15.6 Å². The molecule has 0 amide bonds. The highest BCUT2D eigenvalue weighted by Crippen LogP contribution is 2.23. The van der Waals surface area contributed by atoms with Gasteiger partial charge in [-0.3, -0.25) is 5.10 Å². The number of methoxy groups -OCH3 is 1. The highest BCUT2D eigenvalue weighted by molar-refractivity contribution is 6.31. The quantitative estimate of drug-likeness (QED) is 0.290. The van der Waals surface area contributed by atoms with Crippen molar-refractivity contribution in [3.8, 4) is 17.0 Å². The van der Waals surface area contributed by atoms with Gasteiger partial charge in [-0.2, -0.15) is 5.10 Å². The highest BCUT2D eigenvalue weighted by atomic mass is 35.5. The summed E-state index contributed by atoms with van der Waals surface area (Å²) in [5, 5.41) is 11.4. The van der Waals surface area contributed by atoms with Gasteiger partial charge in [-0.25, -0.2) is 4.79 Å². The zero-order chi connectivity index (χ0) is 19.4. The molecule has 1 aromatic heterocycles. The Kier molecular flexibility index (Phi) is 5.63. The van der Waals surface area contributed by atoms with Crippen molar-refractivity contribution in [1.82, 2.24) is 10.2 Å². The number of halogens is 2. The van der Waals surface area contributed by atoms with E-state index in [9.17, 15) is 4.79 Å². The normalized spacial score (nSPS) is 11.3. The number of H-pyrrole nitrogens is 1. The lowest BCUT2D eigenvalue weighted by atomic mass is 10.1. The topological polar surface area (TPSA) is 103 Å². The maximum Gasteiger partial charge on any atom is 0.383 e. The summed E-state index contributed by atoms with van der Waals surface area (Å²) in [5.41, 5.74) is 7.75. The molecule has 3 rings (SSSR count). The summed E-state index contributed by atoms with van der Waals surface area (Å²) in [6.07, 6.45) is 0. The first kappa shape index (κ1) is 18.8. The third-order valence-electron chi connectivity index (χ3n) is 3.60. The van der Waals surface area contributed by atoms with Crippen LogP contribution >= 0.6 is 23.2 Å².